The van der Waals surface area contributed by atoms with Crippen LogP contribution in [0.15, 0.2) is 47.5 Å². The summed E-state index contributed by atoms with van der Waals surface area (Å²) in [6, 6.07) is 8.25. The molecule has 3 rings (SSSR count). The van der Waals surface area contributed by atoms with Crippen LogP contribution in [0.3, 0.4) is 0 Å². The minimum atomic E-state index is -0.962. The van der Waals surface area contributed by atoms with E-state index in [9.17, 15) is 18.0 Å². The molecule has 0 unspecified atom stereocenters. The smallest absolute Gasteiger partial charge is 0.187 e. The van der Waals surface area contributed by atoms with Gasteiger partial charge in [-0.2, -0.15) is 0 Å². The molecule has 0 bridgehead atoms. The van der Waals surface area contributed by atoms with Gasteiger partial charge in [0.25, 0.3) is 0 Å². The van der Waals surface area contributed by atoms with Crippen LogP contribution in [0.25, 0.3) is 12.2 Å². The number of carbonyl (C=O) groups is 1. The minimum absolute atomic E-state index is 0.190. The molecule has 0 atom stereocenters. The van der Waals surface area contributed by atoms with E-state index in [0.717, 1.165) is 12.1 Å². The zero-order valence-electron chi connectivity index (χ0n) is 13.6. The van der Waals surface area contributed by atoms with E-state index in [-0.39, 0.29) is 11.6 Å². The molecule has 0 aliphatic carbocycles. The van der Waals surface area contributed by atoms with Gasteiger partial charge in [0.05, 0.1) is 0 Å². The molecular weight excluding hydrogens is 327 g/mol. The first kappa shape index (κ1) is 17.2. The first-order valence-electron chi connectivity index (χ1n) is 7.82. The summed E-state index contributed by atoms with van der Waals surface area (Å²) in [5.41, 5.74) is 2.47. The molecule has 0 saturated carbocycles. The first-order valence-corrected chi connectivity index (χ1v) is 7.82. The van der Waals surface area contributed by atoms with Crippen molar-refractivity contribution in [3.05, 3.63) is 81.7 Å². The van der Waals surface area contributed by atoms with E-state index in [2.05, 4.69) is 5.32 Å². The van der Waals surface area contributed by atoms with Crippen molar-refractivity contribution in [3.63, 3.8) is 0 Å². The third kappa shape index (κ3) is 3.88. The molecule has 1 aliphatic heterocycles. The molecule has 0 radical (unpaired) electrons. The number of hydrogen-bond donors (Lipinski definition) is 1. The van der Waals surface area contributed by atoms with Gasteiger partial charge < -0.3 is 5.32 Å². The molecule has 1 fully saturated rings. The predicted molar refractivity (Wildman–Crippen MR) is 91.3 cm³/mol. The second kappa shape index (κ2) is 7.07. The monoisotopic (exact) mass is 343 g/mol. The molecule has 0 amide bonds. The Morgan fingerprint density at radius 1 is 0.840 bits per heavy atom. The number of Topliss-reactive ketones (excluding diaryl/α,β-unsaturated/α-hetero) is 1. The van der Waals surface area contributed by atoms with Crippen molar-refractivity contribution in [3.8, 4) is 0 Å². The molecule has 25 heavy (non-hydrogen) atoms. The zero-order valence-corrected chi connectivity index (χ0v) is 13.6. The SMILES string of the molecule is Cc1ccc(/C=C2\CNC/C(=C\c3ccc(F)c(F)c3)C2=O)cc1F. The van der Waals surface area contributed by atoms with Gasteiger partial charge in [0.1, 0.15) is 5.82 Å². The van der Waals surface area contributed by atoms with Crippen molar-refractivity contribution >= 4 is 17.9 Å². The molecule has 0 spiro atoms. The largest absolute Gasteiger partial charge is 0.308 e. The summed E-state index contributed by atoms with van der Waals surface area (Å²) in [4.78, 5) is 12.6. The van der Waals surface area contributed by atoms with E-state index in [0.29, 0.717) is 40.9 Å². The van der Waals surface area contributed by atoms with Crippen LogP contribution in [0.5, 0.6) is 0 Å². The second-order valence-electron chi connectivity index (χ2n) is 5.95. The number of ketones is 1. The number of rotatable bonds is 2. The molecule has 5 heteroatoms. The maximum Gasteiger partial charge on any atom is 0.187 e. The summed E-state index contributed by atoms with van der Waals surface area (Å²) in [5, 5.41) is 3.09. The minimum Gasteiger partial charge on any atom is -0.308 e. The van der Waals surface area contributed by atoms with Crippen LogP contribution in [0.1, 0.15) is 16.7 Å². The highest BCUT2D eigenvalue weighted by Gasteiger charge is 2.20. The first-order chi connectivity index (χ1) is 11.9. The number of piperidine rings is 1. The molecular formula is C20H16F3NO. The molecule has 0 aromatic heterocycles. The van der Waals surface area contributed by atoms with Crippen molar-refractivity contribution in [2.45, 2.75) is 6.92 Å². The highest BCUT2D eigenvalue weighted by molar-refractivity contribution is 6.14. The summed E-state index contributed by atoms with van der Waals surface area (Å²) < 4.78 is 40.0. The van der Waals surface area contributed by atoms with E-state index in [4.69, 9.17) is 0 Å². The quantitative estimate of drug-likeness (QED) is 0.834. The lowest BCUT2D eigenvalue weighted by Gasteiger charge is -2.18. The third-order valence-corrected chi connectivity index (χ3v) is 4.04. The average molecular weight is 343 g/mol. The fourth-order valence-electron chi connectivity index (χ4n) is 2.64. The Morgan fingerprint density at radius 3 is 1.96 bits per heavy atom. The van der Waals surface area contributed by atoms with E-state index in [1.165, 1.54) is 18.2 Å². The number of aryl methyl sites for hydroxylation is 1. The maximum absolute atomic E-state index is 13.7. The van der Waals surface area contributed by atoms with Crippen molar-refractivity contribution in [2.24, 2.45) is 0 Å². The Bertz CT molecular complexity index is 828. The fourth-order valence-corrected chi connectivity index (χ4v) is 2.64. The molecule has 2 nitrogen and oxygen atoms in total. The number of halogens is 3. The van der Waals surface area contributed by atoms with Gasteiger partial charge in [-0.25, -0.2) is 13.2 Å². The van der Waals surface area contributed by atoms with Gasteiger partial charge >= 0.3 is 0 Å². The zero-order chi connectivity index (χ0) is 18.0. The van der Waals surface area contributed by atoms with Gasteiger partial charge in [-0.15, -0.1) is 0 Å². The van der Waals surface area contributed by atoms with Crippen LogP contribution in [-0.4, -0.2) is 18.9 Å². The van der Waals surface area contributed by atoms with Crippen LogP contribution in [0.2, 0.25) is 0 Å². The normalized spacial score (nSPS) is 18.2. The van der Waals surface area contributed by atoms with E-state index in [1.54, 1.807) is 25.1 Å². The topological polar surface area (TPSA) is 29.1 Å². The van der Waals surface area contributed by atoms with Crippen molar-refractivity contribution in [1.82, 2.24) is 5.32 Å². The number of hydrogen-bond acceptors (Lipinski definition) is 2. The van der Waals surface area contributed by atoms with Crippen molar-refractivity contribution in [1.29, 1.82) is 0 Å². The number of nitrogens with one attached hydrogen (secondary N) is 1. The second-order valence-corrected chi connectivity index (χ2v) is 5.95. The Hall–Kier alpha value is -2.66. The van der Waals surface area contributed by atoms with E-state index >= 15 is 0 Å². The Morgan fingerprint density at radius 2 is 1.40 bits per heavy atom. The van der Waals surface area contributed by atoms with Gasteiger partial charge in [0.15, 0.2) is 17.4 Å². The Balaban J connectivity index is 1.89. The lowest BCUT2D eigenvalue weighted by molar-refractivity contribution is -0.112. The van der Waals surface area contributed by atoms with Crippen molar-refractivity contribution < 1.29 is 18.0 Å². The van der Waals surface area contributed by atoms with Crippen LogP contribution in [0.4, 0.5) is 13.2 Å². The molecule has 1 saturated heterocycles. The molecule has 2 aromatic carbocycles. The third-order valence-electron chi connectivity index (χ3n) is 4.04. The average Bonchev–Trinajstić information content (AvgIpc) is 2.58. The summed E-state index contributed by atoms with van der Waals surface area (Å²) in [7, 11) is 0. The summed E-state index contributed by atoms with van der Waals surface area (Å²) in [5.74, 6) is -2.42. The van der Waals surface area contributed by atoms with Crippen LogP contribution < -0.4 is 5.32 Å². The fraction of sp³-hybridized carbons (Fsp3) is 0.150. The standard InChI is InChI=1S/C20H16F3NO/c1-12-2-3-13(8-18(12)22)6-15-10-24-11-16(20(15)25)7-14-4-5-17(21)19(23)9-14/h2-9,24H,10-11H2,1H3/b15-6+,16-7+. The van der Waals surface area contributed by atoms with Gasteiger partial charge in [0.2, 0.25) is 0 Å². The molecule has 2 aromatic rings. The van der Waals surface area contributed by atoms with E-state index in [1.807, 2.05) is 0 Å². The van der Waals surface area contributed by atoms with Crippen molar-refractivity contribution in [2.75, 3.05) is 13.1 Å². The van der Waals surface area contributed by atoms with Crippen LogP contribution >= 0.6 is 0 Å². The Labute approximate surface area is 143 Å². The van der Waals surface area contributed by atoms with Crippen LogP contribution in [-0.2, 0) is 4.79 Å². The molecule has 1 aliphatic rings. The molecule has 1 heterocycles. The summed E-state index contributed by atoms with van der Waals surface area (Å²) in [6.07, 6.45) is 3.16. The highest BCUT2D eigenvalue weighted by atomic mass is 19.2. The summed E-state index contributed by atoms with van der Waals surface area (Å²) in [6.45, 7) is 2.36. The van der Waals surface area contributed by atoms with Gasteiger partial charge in [-0.3, -0.25) is 4.79 Å². The predicted octanol–water partition coefficient (Wildman–Crippen LogP) is 4.05. The molecule has 1 N–H and O–H groups in total. The van der Waals surface area contributed by atoms with Gasteiger partial charge in [-0.1, -0.05) is 18.2 Å². The molecule has 128 valence electrons. The lowest BCUT2D eigenvalue weighted by atomic mass is 9.95. The van der Waals surface area contributed by atoms with E-state index < -0.39 is 11.6 Å². The highest BCUT2D eigenvalue weighted by Crippen LogP contribution is 2.19. The summed E-state index contributed by atoms with van der Waals surface area (Å²) >= 11 is 0. The Kier molecular flexibility index (Phi) is 4.86. The maximum atomic E-state index is 13.7. The number of benzene rings is 2. The number of carbonyl (C=O) groups excluding carboxylic acids is 1. The van der Waals surface area contributed by atoms with Gasteiger partial charge in [0, 0.05) is 24.2 Å². The lowest BCUT2D eigenvalue weighted by Crippen LogP contribution is -2.32. The van der Waals surface area contributed by atoms with Gasteiger partial charge in [-0.05, 0) is 54.0 Å². The van der Waals surface area contributed by atoms with Crippen LogP contribution in [0, 0.1) is 24.4 Å².